The molecule has 3 aromatic rings. The van der Waals surface area contributed by atoms with E-state index in [1.807, 2.05) is 18.2 Å². The summed E-state index contributed by atoms with van der Waals surface area (Å²) >= 11 is 0. The molecule has 0 radical (unpaired) electrons. The summed E-state index contributed by atoms with van der Waals surface area (Å²) in [5, 5.41) is 15.9. The fourth-order valence-corrected chi connectivity index (χ4v) is 4.63. The zero-order valence-corrected chi connectivity index (χ0v) is 20.5. The zero-order chi connectivity index (χ0) is 25.8. The van der Waals surface area contributed by atoms with Crippen molar-refractivity contribution in [3.8, 4) is 22.6 Å². The standard InChI is InChI=1S/C27H31F2N3O5/c28-27(29)37-24-14-17(13-22(30-7-11-33)25(24)26(34)31-18-3-4-18)21-16-36-23-15-19(5-6-20(21)23)35-12-10-32-8-1-2-9-32/h5-6,13-16,18,27,30,33H,1-4,7-12H2,(H,31,34). The van der Waals surface area contributed by atoms with E-state index in [9.17, 15) is 18.7 Å². The number of hydrogen-bond acceptors (Lipinski definition) is 7. The molecule has 0 bridgehead atoms. The first-order valence-corrected chi connectivity index (χ1v) is 12.7. The Bertz CT molecular complexity index is 1240. The molecule has 1 saturated heterocycles. The van der Waals surface area contributed by atoms with Crippen LogP contribution < -0.4 is 20.1 Å². The first-order chi connectivity index (χ1) is 18.0. The van der Waals surface area contributed by atoms with Crippen molar-refractivity contribution in [1.82, 2.24) is 10.2 Å². The van der Waals surface area contributed by atoms with Crippen molar-refractivity contribution < 1.29 is 32.6 Å². The van der Waals surface area contributed by atoms with Crippen molar-refractivity contribution in [3.05, 3.63) is 42.2 Å². The number of amides is 1. The molecule has 1 aliphatic heterocycles. The molecule has 2 fully saturated rings. The molecule has 2 aromatic carbocycles. The van der Waals surface area contributed by atoms with Gasteiger partial charge in [0, 0.05) is 36.1 Å². The Morgan fingerprint density at radius 2 is 2.00 bits per heavy atom. The maximum atomic E-state index is 13.3. The van der Waals surface area contributed by atoms with Gasteiger partial charge in [-0.1, -0.05) is 0 Å². The number of fused-ring (bicyclic) bond motifs is 1. The summed E-state index contributed by atoms with van der Waals surface area (Å²) in [6.45, 7) is 0.486. The van der Waals surface area contributed by atoms with Crippen LogP contribution in [-0.2, 0) is 0 Å². The Labute approximate surface area is 213 Å². The predicted molar refractivity (Wildman–Crippen MR) is 136 cm³/mol. The van der Waals surface area contributed by atoms with E-state index >= 15 is 0 Å². The summed E-state index contributed by atoms with van der Waals surface area (Å²) in [4.78, 5) is 15.3. The SMILES string of the molecule is O=C(NC1CC1)c1c(NCCO)cc(-c2coc3cc(OCCN4CCCC4)ccc23)cc1OC(F)F. The van der Waals surface area contributed by atoms with Crippen LogP contribution in [0.5, 0.6) is 11.5 Å². The lowest BCUT2D eigenvalue weighted by Gasteiger charge is -2.18. The third-order valence-electron chi connectivity index (χ3n) is 6.62. The first kappa shape index (κ1) is 25.3. The largest absolute Gasteiger partial charge is 0.492 e. The molecule has 1 aromatic heterocycles. The van der Waals surface area contributed by atoms with Gasteiger partial charge < -0.3 is 29.6 Å². The molecule has 1 saturated carbocycles. The fourth-order valence-electron chi connectivity index (χ4n) is 4.63. The van der Waals surface area contributed by atoms with Gasteiger partial charge in [0.05, 0.1) is 18.6 Å². The second-order valence-electron chi connectivity index (χ2n) is 9.38. The number of furan rings is 1. The molecule has 1 amide bonds. The van der Waals surface area contributed by atoms with Gasteiger partial charge in [-0.05, 0) is 68.6 Å². The van der Waals surface area contributed by atoms with E-state index in [1.54, 1.807) is 12.3 Å². The molecule has 3 N–H and O–H groups in total. The predicted octanol–water partition coefficient (Wildman–Crippen LogP) is 4.47. The number of benzene rings is 2. The monoisotopic (exact) mass is 515 g/mol. The van der Waals surface area contributed by atoms with Crippen LogP contribution in [0.1, 0.15) is 36.0 Å². The third-order valence-corrected chi connectivity index (χ3v) is 6.62. The molecule has 8 nitrogen and oxygen atoms in total. The minimum Gasteiger partial charge on any atom is -0.492 e. The number of carbonyl (C=O) groups excluding carboxylic acids is 1. The van der Waals surface area contributed by atoms with Crippen molar-refractivity contribution in [3.63, 3.8) is 0 Å². The third kappa shape index (κ3) is 6.14. The molecular formula is C27H31F2N3O5. The summed E-state index contributed by atoms with van der Waals surface area (Å²) < 4.78 is 43.2. The van der Waals surface area contributed by atoms with Crippen molar-refractivity contribution in [2.45, 2.75) is 38.3 Å². The molecule has 10 heteroatoms. The van der Waals surface area contributed by atoms with Gasteiger partial charge in [0.25, 0.3) is 5.91 Å². The number of anilines is 1. The second-order valence-corrected chi connectivity index (χ2v) is 9.38. The minimum atomic E-state index is -3.12. The van der Waals surface area contributed by atoms with E-state index in [-0.39, 0.29) is 36.2 Å². The van der Waals surface area contributed by atoms with Crippen LogP contribution >= 0.6 is 0 Å². The van der Waals surface area contributed by atoms with Crippen LogP contribution in [0.25, 0.3) is 22.1 Å². The molecule has 198 valence electrons. The van der Waals surface area contributed by atoms with Crippen LogP contribution in [0.3, 0.4) is 0 Å². The number of hydrogen-bond donors (Lipinski definition) is 3. The molecule has 0 atom stereocenters. The van der Waals surface area contributed by atoms with Gasteiger partial charge in [-0.3, -0.25) is 9.69 Å². The summed E-state index contributed by atoms with van der Waals surface area (Å²) in [7, 11) is 0. The van der Waals surface area contributed by atoms with Crippen molar-refractivity contribution in [1.29, 1.82) is 0 Å². The number of nitrogens with one attached hydrogen (secondary N) is 2. The zero-order valence-electron chi connectivity index (χ0n) is 20.5. The average molecular weight is 516 g/mol. The molecule has 2 heterocycles. The lowest BCUT2D eigenvalue weighted by atomic mass is 10.00. The van der Waals surface area contributed by atoms with E-state index in [2.05, 4.69) is 15.5 Å². The Kier molecular flexibility index (Phi) is 7.76. The maximum absolute atomic E-state index is 13.3. The summed E-state index contributed by atoms with van der Waals surface area (Å²) in [5.74, 6) is -0.0630. The Morgan fingerprint density at radius 3 is 2.73 bits per heavy atom. The smallest absolute Gasteiger partial charge is 0.387 e. The van der Waals surface area contributed by atoms with Gasteiger partial charge in [-0.15, -0.1) is 0 Å². The van der Waals surface area contributed by atoms with Gasteiger partial charge in [-0.25, -0.2) is 0 Å². The molecule has 0 unspecified atom stereocenters. The fraction of sp³-hybridized carbons (Fsp3) is 0.444. The molecule has 1 aliphatic carbocycles. The number of aliphatic hydroxyl groups is 1. The normalized spacial score (nSPS) is 15.9. The van der Waals surface area contributed by atoms with E-state index in [1.165, 1.54) is 18.9 Å². The van der Waals surface area contributed by atoms with Gasteiger partial charge >= 0.3 is 6.61 Å². The number of rotatable bonds is 12. The number of carbonyl (C=O) groups is 1. The molecule has 37 heavy (non-hydrogen) atoms. The number of nitrogens with zero attached hydrogens (tertiary/aromatic N) is 1. The molecule has 2 aliphatic rings. The van der Waals surface area contributed by atoms with Crippen molar-refractivity contribution in [2.75, 3.05) is 44.7 Å². The van der Waals surface area contributed by atoms with E-state index in [0.29, 0.717) is 29.1 Å². The quantitative estimate of drug-likeness (QED) is 0.328. The highest BCUT2D eigenvalue weighted by Crippen LogP contribution is 2.39. The number of alkyl halides is 2. The van der Waals surface area contributed by atoms with Gasteiger partial charge in [0.15, 0.2) is 0 Å². The second kappa shape index (κ2) is 11.4. The van der Waals surface area contributed by atoms with Crippen molar-refractivity contribution >= 4 is 22.6 Å². The van der Waals surface area contributed by atoms with Crippen LogP contribution in [0.2, 0.25) is 0 Å². The Hall–Kier alpha value is -3.37. The summed E-state index contributed by atoms with van der Waals surface area (Å²) in [5.41, 5.74) is 2.03. The Balaban J connectivity index is 1.44. The van der Waals surface area contributed by atoms with E-state index in [4.69, 9.17) is 13.9 Å². The number of likely N-dealkylation sites (tertiary alicyclic amines) is 1. The van der Waals surface area contributed by atoms with Gasteiger partial charge in [0.1, 0.15) is 29.3 Å². The summed E-state index contributed by atoms with van der Waals surface area (Å²) in [6.07, 6.45) is 5.70. The lowest BCUT2D eigenvalue weighted by molar-refractivity contribution is -0.0500. The minimum absolute atomic E-state index is 0.0223. The van der Waals surface area contributed by atoms with Gasteiger partial charge in [0.2, 0.25) is 0 Å². The van der Waals surface area contributed by atoms with Gasteiger partial charge in [-0.2, -0.15) is 8.78 Å². The number of aliphatic hydroxyl groups excluding tert-OH is 1. The van der Waals surface area contributed by atoms with Crippen molar-refractivity contribution in [2.24, 2.45) is 0 Å². The van der Waals surface area contributed by atoms with Crippen LogP contribution in [0, 0.1) is 0 Å². The molecule has 0 spiro atoms. The highest BCUT2D eigenvalue weighted by atomic mass is 19.3. The average Bonchev–Trinajstić information content (AvgIpc) is 3.35. The van der Waals surface area contributed by atoms with Crippen LogP contribution in [-0.4, -0.2) is 68.0 Å². The first-order valence-electron chi connectivity index (χ1n) is 12.7. The van der Waals surface area contributed by atoms with E-state index in [0.717, 1.165) is 37.9 Å². The summed E-state index contributed by atoms with van der Waals surface area (Å²) in [6, 6.07) is 8.65. The highest BCUT2D eigenvalue weighted by molar-refractivity contribution is 6.05. The molecule has 5 rings (SSSR count). The molecular weight excluding hydrogens is 484 g/mol. The van der Waals surface area contributed by atoms with E-state index < -0.39 is 12.5 Å². The Morgan fingerprint density at radius 1 is 1.19 bits per heavy atom. The lowest BCUT2D eigenvalue weighted by Crippen LogP contribution is -2.27. The van der Waals surface area contributed by atoms with Crippen LogP contribution in [0.15, 0.2) is 41.0 Å². The van der Waals surface area contributed by atoms with Crippen LogP contribution in [0.4, 0.5) is 14.5 Å². The highest BCUT2D eigenvalue weighted by Gasteiger charge is 2.28. The number of halogens is 2. The maximum Gasteiger partial charge on any atom is 0.387 e. The number of ether oxygens (including phenoxy) is 2. The topological polar surface area (TPSA) is 96.2 Å².